The molecule has 0 saturated carbocycles. The second-order valence-corrected chi connectivity index (χ2v) is 5.34. The summed E-state index contributed by atoms with van der Waals surface area (Å²) < 4.78 is 1.78. The third-order valence-corrected chi connectivity index (χ3v) is 3.89. The summed E-state index contributed by atoms with van der Waals surface area (Å²) in [6.45, 7) is 4.11. The van der Waals surface area contributed by atoms with Gasteiger partial charge in [0.2, 0.25) is 5.95 Å². The first-order chi connectivity index (χ1) is 9.78. The number of aliphatic hydroxyl groups is 1. The predicted octanol–water partition coefficient (Wildman–Crippen LogP) is 1.18. The standard InChI is InChI=1S/C14H19N5O/c1-11-2-4-13(5-3-11)19-14(15-16-17-19)18-8-6-12(10-20)7-9-18/h2-5,12,20H,6-10H2,1H3. The SMILES string of the molecule is Cc1ccc(-n2nnnc2N2CCC(CO)CC2)cc1. The van der Waals surface area contributed by atoms with E-state index in [0.29, 0.717) is 5.92 Å². The van der Waals surface area contributed by atoms with Gasteiger partial charge in [0.05, 0.1) is 5.69 Å². The first-order valence-corrected chi connectivity index (χ1v) is 6.99. The average Bonchev–Trinajstić information content (AvgIpc) is 2.97. The number of aromatic nitrogens is 4. The molecule has 1 saturated heterocycles. The average molecular weight is 273 g/mol. The van der Waals surface area contributed by atoms with Crippen LogP contribution in [0.1, 0.15) is 18.4 Å². The molecule has 20 heavy (non-hydrogen) atoms. The Balaban J connectivity index is 1.82. The minimum Gasteiger partial charge on any atom is -0.396 e. The molecule has 0 amide bonds. The van der Waals surface area contributed by atoms with E-state index < -0.39 is 0 Å². The van der Waals surface area contributed by atoms with Gasteiger partial charge in [-0.25, -0.2) is 0 Å². The van der Waals surface area contributed by atoms with E-state index in [-0.39, 0.29) is 6.61 Å². The number of aryl methyl sites for hydroxylation is 1. The molecule has 0 spiro atoms. The van der Waals surface area contributed by atoms with Crippen LogP contribution in [0.15, 0.2) is 24.3 Å². The van der Waals surface area contributed by atoms with Crippen LogP contribution in [0.4, 0.5) is 5.95 Å². The molecule has 106 valence electrons. The maximum Gasteiger partial charge on any atom is 0.250 e. The van der Waals surface area contributed by atoms with E-state index in [2.05, 4.69) is 39.5 Å². The van der Waals surface area contributed by atoms with Crippen molar-refractivity contribution in [1.29, 1.82) is 0 Å². The molecule has 2 heterocycles. The van der Waals surface area contributed by atoms with E-state index in [4.69, 9.17) is 0 Å². The van der Waals surface area contributed by atoms with Crippen LogP contribution in [0, 0.1) is 12.8 Å². The Hall–Kier alpha value is -1.95. The van der Waals surface area contributed by atoms with Crippen molar-refractivity contribution in [2.24, 2.45) is 5.92 Å². The zero-order valence-corrected chi connectivity index (χ0v) is 11.6. The van der Waals surface area contributed by atoms with Crippen LogP contribution >= 0.6 is 0 Å². The highest BCUT2D eigenvalue weighted by atomic mass is 16.3. The maximum atomic E-state index is 9.20. The van der Waals surface area contributed by atoms with Crippen LogP contribution in [0.25, 0.3) is 5.69 Å². The van der Waals surface area contributed by atoms with Crippen molar-refractivity contribution in [3.8, 4) is 5.69 Å². The molecule has 0 radical (unpaired) electrons. The normalized spacial score (nSPS) is 16.6. The highest BCUT2D eigenvalue weighted by Gasteiger charge is 2.23. The highest BCUT2D eigenvalue weighted by molar-refractivity contribution is 5.41. The first-order valence-electron chi connectivity index (χ1n) is 6.99. The number of hydrogen-bond acceptors (Lipinski definition) is 5. The molecule has 6 heteroatoms. The van der Waals surface area contributed by atoms with Gasteiger partial charge in [-0.3, -0.25) is 0 Å². The van der Waals surface area contributed by atoms with E-state index in [0.717, 1.165) is 37.6 Å². The summed E-state index contributed by atoms with van der Waals surface area (Å²) in [6, 6.07) is 8.16. The van der Waals surface area contributed by atoms with Crippen molar-refractivity contribution in [2.75, 3.05) is 24.6 Å². The maximum absolute atomic E-state index is 9.20. The molecule has 1 N–H and O–H groups in total. The second-order valence-electron chi connectivity index (χ2n) is 5.34. The summed E-state index contributed by atoms with van der Waals surface area (Å²) in [7, 11) is 0. The van der Waals surface area contributed by atoms with Crippen molar-refractivity contribution in [2.45, 2.75) is 19.8 Å². The molecular weight excluding hydrogens is 254 g/mol. The molecule has 1 aliphatic heterocycles. The number of hydrogen-bond donors (Lipinski definition) is 1. The minimum atomic E-state index is 0.275. The fourth-order valence-electron chi connectivity index (χ4n) is 2.55. The fraction of sp³-hybridized carbons (Fsp3) is 0.500. The molecule has 3 rings (SSSR count). The molecule has 1 aliphatic rings. The molecule has 1 aromatic carbocycles. The lowest BCUT2D eigenvalue weighted by atomic mass is 9.98. The van der Waals surface area contributed by atoms with Crippen molar-refractivity contribution >= 4 is 5.95 Å². The largest absolute Gasteiger partial charge is 0.396 e. The predicted molar refractivity (Wildman–Crippen MR) is 75.9 cm³/mol. The van der Waals surface area contributed by atoms with Crippen molar-refractivity contribution < 1.29 is 5.11 Å². The molecule has 0 atom stereocenters. The van der Waals surface area contributed by atoms with Gasteiger partial charge in [-0.15, -0.1) is 0 Å². The third-order valence-electron chi connectivity index (χ3n) is 3.89. The molecule has 1 fully saturated rings. The van der Waals surface area contributed by atoms with Gasteiger partial charge in [-0.2, -0.15) is 4.68 Å². The van der Waals surface area contributed by atoms with Crippen LogP contribution in [-0.4, -0.2) is 45.0 Å². The van der Waals surface area contributed by atoms with Gasteiger partial charge in [0.1, 0.15) is 0 Å². The highest BCUT2D eigenvalue weighted by Crippen LogP contribution is 2.22. The molecular formula is C14H19N5O. The first kappa shape index (κ1) is 13.1. The second kappa shape index (κ2) is 5.58. The van der Waals surface area contributed by atoms with Crippen LogP contribution in [0.2, 0.25) is 0 Å². The fourth-order valence-corrected chi connectivity index (χ4v) is 2.55. The minimum absolute atomic E-state index is 0.275. The summed E-state index contributed by atoms with van der Waals surface area (Å²) >= 11 is 0. The van der Waals surface area contributed by atoms with E-state index in [1.807, 2.05) is 12.1 Å². The van der Waals surface area contributed by atoms with E-state index in [9.17, 15) is 5.11 Å². The zero-order valence-electron chi connectivity index (χ0n) is 11.6. The lowest BCUT2D eigenvalue weighted by Gasteiger charge is -2.31. The summed E-state index contributed by atoms with van der Waals surface area (Å²) in [5, 5.41) is 21.3. The molecule has 6 nitrogen and oxygen atoms in total. The monoisotopic (exact) mass is 273 g/mol. The summed E-state index contributed by atoms with van der Waals surface area (Å²) in [6.07, 6.45) is 1.97. The number of benzene rings is 1. The van der Waals surface area contributed by atoms with Crippen molar-refractivity contribution in [3.63, 3.8) is 0 Å². The van der Waals surface area contributed by atoms with Gasteiger partial charge in [0.15, 0.2) is 0 Å². The number of nitrogens with zero attached hydrogens (tertiary/aromatic N) is 5. The number of rotatable bonds is 3. The Morgan fingerprint density at radius 3 is 2.55 bits per heavy atom. The third kappa shape index (κ3) is 2.51. The lowest BCUT2D eigenvalue weighted by Crippen LogP contribution is -2.36. The number of aliphatic hydroxyl groups excluding tert-OH is 1. The number of tetrazole rings is 1. The van der Waals surface area contributed by atoms with Gasteiger partial charge in [-0.1, -0.05) is 22.8 Å². The zero-order chi connectivity index (χ0) is 13.9. The van der Waals surface area contributed by atoms with E-state index in [1.165, 1.54) is 5.56 Å². The van der Waals surface area contributed by atoms with Crippen molar-refractivity contribution in [1.82, 2.24) is 20.2 Å². The summed E-state index contributed by atoms with van der Waals surface area (Å²) in [5.41, 5.74) is 2.19. The molecule has 0 unspecified atom stereocenters. The lowest BCUT2D eigenvalue weighted by molar-refractivity contribution is 0.202. The van der Waals surface area contributed by atoms with Gasteiger partial charge in [0, 0.05) is 19.7 Å². The van der Waals surface area contributed by atoms with Crippen LogP contribution in [0.5, 0.6) is 0 Å². The van der Waals surface area contributed by atoms with Crippen LogP contribution < -0.4 is 4.90 Å². The van der Waals surface area contributed by atoms with Crippen LogP contribution in [0.3, 0.4) is 0 Å². The molecule has 2 aromatic rings. The van der Waals surface area contributed by atoms with Gasteiger partial charge in [0.25, 0.3) is 0 Å². The van der Waals surface area contributed by atoms with Gasteiger partial charge < -0.3 is 10.0 Å². The molecule has 0 aliphatic carbocycles. The summed E-state index contributed by atoms with van der Waals surface area (Å²) in [4.78, 5) is 2.19. The smallest absolute Gasteiger partial charge is 0.250 e. The topological polar surface area (TPSA) is 67.1 Å². The Labute approximate surface area is 118 Å². The Bertz CT molecular complexity index is 557. The molecule has 0 bridgehead atoms. The van der Waals surface area contributed by atoms with Crippen LogP contribution in [-0.2, 0) is 0 Å². The summed E-state index contributed by atoms with van der Waals surface area (Å²) in [5.74, 6) is 1.19. The van der Waals surface area contributed by atoms with Gasteiger partial charge in [-0.05, 0) is 48.2 Å². The van der Waals surface area contributed by atoms with E-state index >= 15 is 0 Å². The quantitative estimate of drug-likeness (QED) is 0.909. The Morgan fingerprint density at radius 1 is 1.20 bits per heavy atom. The molecule has 1 aromatic heterocycles. The Morgan fingerprint density at radius 2 is 1.90 bits per heavy atom. The Kier molecular flexibility index (Phi) is 3.64. The van der Waals surface area contributed by atoms with E-state index in [1.54, 1.807) is 4.68 Å². The van der Waals surface area contributed by atoms with Gasteiger partial charge >= 0.3 is 0 Å². The number of anilines is 1. The van der Waals surface area contributed by atoms with Crippen molar-refractivity contribution in [3.05, 3.63) is 29.8 Å². The number of piperidine rings is 1.